The molecule has 29 heavy (non-hydrogen) atoms. The van der Waals surface area contributed by atoms with Gasteiger partial charge >= 0.3 is 0 Å². The molecule has 0 radical (unpaired) electrons. The smallest absolute Gasteiger partial charge is 0.260 e. The van der Waals surface area contributed by atoms with E-state index in [1.165, 1.54) is 0 Å². The number of carbonyl (C=O) groups is 2. The second-order valence-corrected chi connectivity index (χ2v) is 7.26. The molecular weight excluding hydrogens is 368 g/mol. The summed E-state index contributed by atoms with van der Waals surface area (Å²) in [5.41, 5.74) is 0.983. The zero-order chi connectivity index (χ0) is 20.6. The first-order valence-electron chi connectivity index (χ1n) is 9.91. The average molecular weight is 396 g/mol. The molecule has 2 amide bonds. The molecule has 1 fully saturated rings. The first-order valence-corrected chi connectivity index (χ1v) is 9.91. The van der Waals surface area contributed by atoms with Gasteiger partial charge in [-0.15, -0.1) is 0 Å². The van der Waals surface area contributed by atoms with Crippen molar-refractivity contribution in [3.8, 4) is 11.5 Å². The van der Waals surface area contributed by atoms with Crippen molar-refractivity contribution in [2.24, 2.45) is 5.92 Å². The molecule has 154 valence electrons. The van der Waals surface area contributed by atoms with Crippen LogP contribution in [0.5, 0.6) is 11.5 Å². The van der Waals surface area contributed by atoms with Gasteiger partial charge in [0, 0.05) is 38.2 Å². The van der Waals surface area contributed by atoms with Gasteiger partial charge in [0.15, 0.2) is 6.61 Å². The molecule has 0 aliphatic carbocycles. The van der Waals surface area contributed by atoms with Gasteiger partial charge in [-0.2, -0.15) is 0 Å². The van der Waals surface area contributed by atoms with Crippen LogP contribution in [0.2, 0.25) is 0 Å². The van der Waals surface area contributed by atoms with E-state index in [1.807, 2.05) is 61.6 Å². The second-order valence-electron chi connectivity index (χ2n) is 7.26. The molecule has 1 heterocycles. The van der Waals surface area contributed by atoms with E-state index in [2.05, 4.69) is 0 Å². The first-order chi connectivity index (χ1) is 14.1. The summed E-state index contributed by atoms with van der Waals surface area (Å²) in [7, 11) is 3.45. The highest BCUT2D eigenvalue weighted by molar-refractivity contribution is 5.80. The molecule has 0 saturated carbocycles. The lowest BCUT2D eigenvalue weighted by atomic mass is 9.95. The molecule has 0 aromatic heterocycles. The van der Waals surface area contributed by atoms with Crippen molar-refractivity contribution in [2.45, 2.75) is 19.4 Å². The maximum atomic E-state index is 12.8. The largest absolute Gasteiger partial charge is 0.496 e. The summed E-state index contributed by atoms with van der Waals surface area (Å²) in [6.45, 7) is 1.69. The average Bonchev–Trinajstić information content (AvgIpc) is 2.78. The van der Waals surface area contributed by atoms with E-state index in [9.17, 15) is 9.59 Å². The first kappa shape index (κ1) is 20.7. The molecular formula is C23H28N2O4. The SMILES string of the molecule is COc1ccccc1CN(C)C(=O)C1CCN(C(=O)COc2ccccc2)CC1. The lowest BCUT2D eigenvalue weighted by Crippen LogP contribution is -2.44. The highest BCUT2D eigenvalue weighted by Gasteiger charge is 2.29. The summed E-state index contributed by atoms with van der Waals surface area (Å²) in [6.07, 6.45) is 1.35. The quantitative estimate of drug-likeness (QED) is 0.722. The predicted octanol–water partition coefficient (Wildman–Crippen LogP) is 2.97. The topological polar surface area (TPSA) is 59.1 Å². The van der Waals surface area contributed by atoms with Crippen molar-refractivity contribution in [1.82, 2.24) is 9.80 Å². The third-order valence-corrected chi connectivity index (χ3v) is 5.28. The fourth-order valence-corrected chi connectivity index (χ4v) is 3.61. The third kappa shape index (κ3) is 5.50. The number of para-hydroxylation sites is 2. The van der Waals surface area contributed by atoms with Crippen molar-refractivity contribution >= 4 is 11.8 Å². The maximum Gasteiger partial charge on any atom is 0.260 e. The molecule has 0 spiro atoms. The van der Waals surface area contributed by atoms with Crippen LogP contribution in [0.3, 0.4) is 0 Å². The van der Waals surface area contributed by atoms with Crippen molar-refractivity contribution in [3.63, 3.8) is 0 Å². The van der Waals surface area contributed by atoms with Crippen molar-refractivity contribution in [3.05, 3.63) is 60.2 Å². The number of likely N-dealkylation sites (tertiary alicyclic amines) is 1. The number of methoxy groups -OCH3 is 1. The zero-order valence-corrected chi connectivity index (χ0v) is 17.0. The van der Waals surface area contributed by atoms with Crippen LogP contribution in [-0.4, -0.2) is 55.5 Å². The minimum atomic E-state index is -0.0613. The molecule has 6 nitrogen and oxygen atoms in total. The van der Waals surface area contributed by atoms with E-state index < -0.39 is 0 Å². The zero-order valence-electron chi connectivity index (χ0n) is 17.0. The number of hydrogen-bond acceptors (Lipinski definition) is 4. The van der Waals surface area contributed by atoms with Gasteiger partial charge in [0.05, 0.1) is 7.11 Å². The molecule has 1 saturated heterocycles. The van der Waals surface area contributed by atoms with Crippen LogP contribution >= 0.6 is 0 Å². The van der Waals surface area contributed by atoms with Crippen molar-refractivity contribution in [1.29, 1.82) is 0 Å². The third-order valence-electron chi connectivity index (χ3n) is 5.28. The second kappa shape index (κ2) is 9.96. The maximum absolute atomic E-state index is 12.8. The monoisotopic (exact) mass is 396 g/mol. The summed E-state index contributed by atoms with van der Waals surface area (Å²) in [5.74, 6) is 1.48. The molecule has 2 aromatic carbocycles. The standard InChI is InChI=1S/C23H28N2O4/c1-24(16-19-8-6-7-11-21(19)28-2)23(27)18-12-14-25(15-13-18)22(26)17-29-20-9-4-3-5-10-20/h3-11,18H,12-17H2,1-2H3. The Kier molecular flexibility index (Phi) is 7.11. The summed E-state index contributed by atoms with van der Waals surface area (Å²) >= 11 is 0. The van der Waals surface area contributed by atoms with E-state index in [-0.39, 0.29) is 24.3 Å². The Morgan fingerprint density at radius 2 is 1.69 bits per heavy atom. The minimum absolute atomic E-state index is 0.0241. The van der Waals surface area contributed by atoms with Crippen molar-refractivity contribution < 1.29 is 19.1 Å². The van der Waals surface area contributed by atoms with Crippen LogP contribution in [0.1, 0.15) is 18.4 Å². The molecule has 0 N–H and O–H groups in total. The van der Waals surface area contributed by atoms with Gasteiger partial charge in [-0.3, -0.25) is 9.59 Å². The van der Waals surface area contributed by atoms with Gasteiger partial charge in [-0.1, -0.05) is 36.4 Å². The molecule has 0 bridgehead atoms. The number of carbonyl (C=O) groups excluding carboxylic acids is 2. The number of hydrogen-bond donors (Lipinski definition) is 0. The Balaban J connectivity index is 1.46. The van der Waals surface area contributed by atoms with Crippen LogP contribution in [0.25, 0.3) is 0 Å². The van der Waals surface area contributed by atoms with Gasteiger partial charge in [0.2, 0.25) is 5.91 Å². The molecule has 3 rings (SSSR count). The number of piperidine rings is 1. The van der Waals surface area contributed by atoms with Gasteiger partial charge in [-0.25, -0.2) is 0 Å². The Morgan fingerprint density at radius 1 is 1.03 bits per heavy atom. The highest BCUT2D eigenvalue weighted by Crippen LogP contribution is 2.23. The molecule has 1 aliphatic rings. The Morgan fingerprint density at radius 3 is 2.38 bits per heavy atom. The summed E-state index contributed by atoms with van der Waals surface area (Å²) in [4.78, 5) is 28.8. The van der Waals surface area contributed by atoms with Crippen LogP contribution in [0.15, 0.2) is 54.6 Å². The van der Waals surface area contributed by atoms with Crippen LogP contribution in [0.4, 0.5) is 0 Å². The molecule has 0 unspecified atom stereocenters. The molecule has 6 heteroatoms. The van der Waals surface area contributed by atoms with E-state index in [0.29, 0.717) is 38.2 Å². The van der Waals surface area contributed by atoms with E-state index in [4.69, 9.17) is 9.47 Å². The van der Waals surface area contributed by atoms with E-state index in [0.717, 1.165) is 11.3 Å². The van der Waals surface area contributed by atoms with Crippen LogP contribution in [0, 0.1) is 5.92 Å². The number of rotatable bonds is 7. The highest BCUT2D eigenvalue weighted by atomic mass is 16.5. The number of benzene rings is 2. The van der Waals surface area contributed by atoms with Crippen molar-refractivity contribution in [2.75, 3.05) is 33.9 Å². The summed E-state index contributed by atoms with van der Waals surface area (Å²) < 4.78 is 10.9. The fraction of sp³-hybridized carbons (Fsp3) is 0.391. The van der Waals surface area contributed by atoms with Gasteiger partial charge < -0.3 is 19.3 Å². The lowest BCUT2D eigenvalue weighted by molar-refractivity contribution is -0.141. The number of nitrogens with zero attached hydrogens (tertiary/aromatic N) is 2. The number of ether oxygens (including phenoxy) is 2. The fourth-order valence-electron chi connectivity index (χ4n) is 3.61. The minimum Gasteiger partial charge on any atom is -0.496 e. The Labute approximate surface area is 172 Å². The van der Waals surface area contributed by atoms with Crippen LogP contribution in [-0.2, 0) is 16.1 Å². The van der Waals surface area contributed by atoms with Crippen LogP contribution < -0.4 is 9.47 Å². The Bertz CT molecular complexity index is 817. The van der Waals surface area contributed by atoms with E-state index >= 15 is 0 Å². The van der Waals surface area contributed by atoms with E-state index in [1.54, 1.807) is 16.9 Å². The normalized spacial score (nSPS) is 14.3. The number of amides is 2. The summed E-state index contributed by atoms with van der Waals surface area (Å²) in [6, 6.07) is 17.0. The van der Waals surface area contributed by atoms with Gasteiger partial charge in [0.1, 0.15) is 11.5 Å². The molecule has 1 aliphatic heterocycles. The predicted molar refractivity (Wildman–Crippen MR) is 111 cm³/mol. The molecule has 2 aromatic rings. The molecule has 0 atom stereocenters. The lowest BCUT2D eigenvalue weighted by Gasteiger charge is -2.33. The Hall–Kier alpha value is -3.02. The summed E-state index contributed by atoms with van der Waals surface area (Å²) in [5, 5.41) is 0. The van der Waals surface area contributed by atoms with Gasteiger partial charge in [0.25, 0.3) is 5.91 Å². The van der Waals surface area contributed by atoms with Gasteiger partial charge in [-0.05, 0) is 31.0 Å².